The highest BCUT2D eigenvalue weighted by Crippen LogP contribution is 2.19. The van der Waals surface area contributed by atoms with E-state index in [-0.39, 0.29) is 12.8 Å². The molecule has 0 aliphatic heterocycles. The molecule has 7 nitrogen and oxygen atoms in total. The first kappa shape index (κ1) is 18.6. The number of hydrazine groups is 1. The number of aromatic nitrogens is 1. The lowest BCUT2D eigenvalue weighted by molar-refractivity contribution is -0.143. The Labute approximate surface area is 156 Å². The lowest BCUT2D eigenvalue weighted by atomic mass is 10.1. The van der Waals surface area contributed by atoms with Crippen LogP contribution in [0.25, 0.3) is 10.9 Å². The SMILES string of the molecule is O=C(O)[C@H](Cc1ccccc1)NN[C@@H](Cc1c[nH]c2ccccc12)C(=O)O. The Morgan fingerprint density at radius 2 is 1.44 bits per heavy atom. The summed E-state index contributed by atoms with van der Waals surface area (Å²) in [5.41, 5.74) is 7.98. The monoisotopic (exact) mass is 367 g/mol. The third-order valence-electron chi connectivity index (χ3n) is 4.41. The molecule has 0 aliphatic rings. The van der Waals surface area contributed by atoms with E-state index < -0.39 is 24.0 Å². The van der Waals surface area contributed by atoms with Gasteiger partial charge < -0.3 is 15.2 Å². The second-order valence-corrected chi connectivity index (χ2v) is 6.32. The smallest absolute Gasteiger partial charge is 0.322 e. The van der Waals surface area contributed by atoms with E-state index in [1.807, 2.05) is 54.6 Å². The number of carboxylic acids is 2. The molecule has 5 N–H and O–H groups in total. The van der Waals surface area contributed by atoms with Gasteiger partial charge in [0.1, 0.15) is 12.1 Å². The first-order valence-electron chi connectivity index (χ1n) is 8.60. The summed E-state index contributed by atoms with van der Waals surface area (Å²) in [6.45, 7) is 0. The summed E-state index contributed by atoms with van der Waals surface area (Å²) >= 11 is 0. The summed E-state index contributed by atoms with van der Waals surface area (Å²) in [6.07, 6.45) is 2.23. The summed E-state index contributed by atoms with van der Waals surface area (Å²) in [5.74, 6) is -2.11. The number of hydrogen-bond donors (Lipinski definition) is 5. The Bertz CT molecular complexity index is 923. The molecule has 0 saturated heterocycles. The topological polar surface area (TPSA) is 114 Å². The second kappa shape index (κ2) is 8.48. The molecule has 0 spiro atoms. The molecular weight excluding hydrogens is 346 g/mol. The molecule has 1 aromatic heterocycles. The Balaban J connectivity index is 1.68. The summed E-state index contributed by atoms with van der Waals surface area (Å²) in [4.78, 5) is 26.3. The number of rotatable bonds is 9. The quantitative estimate of drug-likeness (QED) is 0.369. The number of carboxylic acid groups (broad SMARTS) is 2. The Hall–Kier alpha value is -3.16. The third-order valence-corrected chi connectivity index (χ3v) is 4.41. The molecule has 0 saturated carbocycles. The van der Waals surface area contributed by atoms with Crippen LogP contribution >= 0.6 is 0 Å². The van der Waals surface area contributed by atoms with Gasteiger partial charge in [-0.05, 0) is 23.6 Å². The van der Waals surface area contributed by atoms with Crippen molar-refractivity contribution in [2.24, 2.45) is 0 Å². The van der Waals surface area contributed by atoms with E-state index in [2.05, 4.69) is 15.8 Å². The van der Waals surface area contributed by atoms with Gasteiger partial charge >= 0.3 is 11.9 Å². The fourth-order valence-corrected chi connectivity index (χ4v) is 2.97. The fourth-order valence-electron chi connectivity index (χ4n) is 2.97. The van der Waals surface area contributed by atoms with Crippen LogP contribution in [0.1, 0.15) is 11.1 Å². The molecule has 0 fully saturated rings. The lowest BCUT2D eigenvalue weighted by Crippen LogP contribution is -2.53. The van der Waals surface area contributed by atoms with E-state index in [1.54, 1.807) is 6.20 Å². The highest BCUT2D eigenvalue weighted by molar-refractivity contribution is 5.84. The zero-order chi connectivity index (χ0) is 19.2. The van der Waals surface area contributed by atoms with Gasteiger partial charge in [0, 0.05) is 23.5 Å². The number of H-pyrrole nitrogens is 1. The highest BCUT2D eigenvalue weighted by Gasteiger charge is 2.23. The molecule has 27 heavy (non-hydrogen) atoms. The number of benzene rings is 2. The highest BCUT2D eigenvalue weighted by atomic mass is 16.4. The van der Waals surface area contributed by atoms with Crippen molar-refractivity contribution in [2.75, 3.05) is 0 Å². The fraction of sp³-hybridized carbons (Fsp3) is 0.200. The van der Waals surface area contributed by atoms with Crippen molar-refractivity contribution in [2.45, 2.75) is 24.9 Å². The van der Waals surface area contributed by atoms with Gasteiger partial charge in [0.2, 0.25) is 0 Å². The van der Waals surface area contributed by atoms with E-state index in [1.165, 1.54) is 0 Å². The van der Waals surface area contributed by atoms with Crippen LogP contribution in [0.15, 0.2) is 60.8 Å². The summed E-state index contributed by atoms with van der Waals surface area (Å²) in [6, 6.07) is 14.9. The standard InChI is InChI=1S/C20H21N3O4/c24-19(25)17(10-13-6-2-1-3-7-13)22-23-18(20(26)27)11-14-12-21-16-9-5-4-8-15(14)16/h1-9,12,17-18,21-23H,10-11H2,(H,24,25)(H,26,27)/t17-,18-/m0/s1. The minimum Gasteiger partial charge on any atom is -0.480 e. The second-order valence-electron chi connectivity index (χ2n) is 6.32. The number of fused-ring (bicyclic) bond motifs is 1. The molecule has 2 aromatic carbocycles. The van der Waals surface area contributed by atoms with E-state index >= 15 is 0 Å². The van der Waals surface area contributed by atoms with Crippen LogP contribution in [0, 0.1) is 0 Å². The van der Waals surface area contributed by atoms with Crippen molar-refractivity contribution < 1.29 is 19.8 Å². The summed E-state index contributed by atoms with van der Waals surface area (Å²) in [5, 5.41) is 19.9. The molecular formula is C20H21N3O4. The zero-order valence-corrected chi connectivity index (χ0v) is 14.6. The average Bonchev–Trinajstić information content (AvgIpc) is 3.07. The first-order valence-corrected chi connectivity index (χ1v) is 8.60. The molecule has 2 atom stereocenters. The minimum absolute atomic E-state index is 0.212. The van der Waals surface area contributed by atoms with Crippen LogP contribution < -0.4 is 10.9 Å². The Morgan fingerprint density at radius 3 is 2.11 bits per heavy atom. The maximum atomic E-state index is 11.6. The van der Waals surface area contributed by atoms with Gasteiger partial charge in [-0.15, -0.1) is 0 Å². The van der Waals surface area contributed by atoms with Crippen LogP contribution in [0.2, 0.25) is 0 Å². The van der Waals surface area contributed by atoms with Crippen molar-refractivity contribution in [1.82, 2.24) is 15.8 Å². The molecule has 1 heterocycles. The van der Waals surface area contributed by atoms with Crippen LogP contribution in [-0.2, 0) is 22.4 Å². The van der Waals surface area contributed by atoms with Crippen LogP contribution in [-0.4, -0.2) is 39.2 Å². The summed E-state index contributed by atoms with van der Waals surface area (Å²) < 4.78 is 0. The molecule has 7 heteroatoms. The van der Waals surface area contributed by atoms with Gasteiger partial charge in [-0.25, -0.2) is 10.9 Å². The predicted molar refractivity (Wildman–Crippen MR) is 101 cm³/mol. The number of para-hydroxylation sites is 1. The van der Waals surface area contributed by atoms with Crippen molar-refractivity contribution in [3.63, 3.8) is 0 Å². The van der Waals surface area contributed by atoms with Gasteiger partial charge in [0.25, 0.3) is 0 Å². The van der Waals surface area contributed by atoms with Crippen molar-refractivity contribution in [3.05, 3.63) is 71.9 Å². The lowest BCUT2D eigenvalue weighted by Gasteiger charge is -2.20. The van der Waals surface area contributed by atoms with Crippen molar-refractivity contribution in [3.8, 4) is 0 Å². The van der Waals surface area contributed by atoms with Gasteiger partial charge in [-0.1, -0.05) is 48.5 Å². The van der Waals surface area contributed by atoms with Gasteiger partial charge in [-0.2, -0.15) is 0 Å². The van der Waals surface area contributed by atoms with Crippen LogP contribution in [0.4, 0.5) is 0 Å². The number of aliphatic carboxylic acids is 2. The van der Waals surface area contributed by atoms with Gasteiger partial charge in [0.15, 0.2) is 0 Å². The molecule has 0 amide bonds. The Kier molecular flexibility index (Phi) is 5.85. The number of aromatic amines is 1. The first-order chi connectivity index (χ1) is 13.0. The van der Waals surface area contributed by atoms with E-state index in [4.69, 9.17) is 0 Å². The van der Waals surface area contributed by atoms with Crippen LogP contribution in [0.3, 0.4) is 0 Å². The molecule has 3 rings (SSSR count). The molecule has 0 radical (unpaired) electrons. The third kappa shape index (κ3) is 4.72. The zero-order valence-electron chi connectivity index (χ0n) is 14.6. The van der Waals surface area contributed by atoms with Crippen LogP contribution in [0.5, 0.6) is 0 Å². The maximum absolute atomic E-state index is 11.6. The average molecular weight is 367 g/mol. The maximum Gasteiger partial charge on any atom is 0.322 e. The molecule has 0 aliphatic carbocycles. The van der Waals surface area contributed by atoms with Crippen molar-refractivity contribution >= 4 is 22.8 Å². The van der Waals surface area contributed by atoms with Crippen molar-refractivity contribution in [1.29, 1.82) is 0 Å². The van der Waals surface area contributed by atoms with E-state index in [0.29, 0.717) is 0 Å². The minimum atomic E-state index is -1.06. The van der Waals surface area contributed by atoms with E-state index in [0.717, 1.165) is 22.0 Å². The normalized spacial score (nSPS) is 13.3. The molecule has 140 valence electrons. The van der Waals surface area contributed by atoms with E-state index in [9.17, 15) is 19.8 Å². The molecule has 0 bridgehead atoms. The number of carbonyl (C=O) groups is 2. The van der Waals surface area contributed by atoms with Gasteiger partial charge in [-0.3, -0.25) is 9.59 Å². The largest absolute Gasteiger partial charge is 0.480 e. The number of hydrogen-bond acceptors (Lipinski definition) is 4. The van der Waals surface area contributed by atoms with Gasteiger partial charge in [0.05, 0.1) is 0 Å². The Morgan fingerprint density at radius 1 is 0.852 bits per heavy atom. The molecule has 3 aromatic rings. The predicted octanol–water partition coefficient (Wildman–Crippen LogP) is 1.95. The number of nitrogens with one attached hydrogen (secondary N) is 3. The summed E-state index contributed by atoms with van der Waals surface area (Å²) in [7, 11) is 0. The molecule has 0 unspecified atom stereocenters.